The molecule has 2 N–H and O–H groups in total. The summed E-state index contributed by atoms with van der Waals surface area (Å²) in [6.07, 6.45) is 6.53. The van der Waals surface area contributed by atoms with E-state index in [0.717, 1.165) is 44.9 Å². The van der Waals surface area contributed by atoms with Gasteiger partial charge in [0.1, 0.15) is 16.7 Å². The molecule has 0 aromatic heterocycles. The van der Waals surface area contributed by atoms with Crippen LogP contribution in [0.1, 0.15) is 58.8 Å². The molecule has 1 aromatic carbocycles. The lowest BCUT2D eigenvalue weighted by Gasteiger charge is -2.27. The highest BCUT2D eigenvalue weighted by Gasteiger charge is 2.33. The normalized spacial score (nSPS) is 19.0. The Bertz CT molecular complexity index is 890. The molecule has 2 fully saturated rings. The molecule has 9 heteroatoms. The Hall–Kier alpha value is -2.13. The van der Waals surface area contributed by atoms with Crippen LogP contribution in [0.3, 0.4) is 0 Å². The second-order valence-corrected chi connectivity index (χ2v) is 10.2. The molecule has 31 heavy (non-hydrogen) atoms. The molecule has 2 amide bonds. The maximum atomic E-state index is 13.3. The lowest BCUT2D eigenvalue weighted by molar-refractivity contribution is -0.126. The first-order chi connectivity index (χ1) is 14.8. The molecule has 1 aliphatic carbocycles. The highest BCUT2D eigenvalue weighted by atomic mass is 32.2. The lowest BCUT2D eigenvalue weighted by atomic mass is 9.97. The van der Waals surface area contributed by atoms with E-state index in [1.54, 1.807) is 19.1 Å². The summed E-state index contributed by atoms with van der Waals surface area (Å²) < 4.78 is 33.6. The fraction of sp³-hybridized carbons (Fsp3) is 0.636. The molecule has 1 atom stereocenters. The number of amides is 2. The number of hydrogen-bond acceptors (Lipinski definition) is 5. The van der Waals surface area contributed by atoms with Gasteiger partial charge in [-0.15, -0.1) is 0 Å². The van der Waals surface area contributed by atoms with Crippen LogP contribution in [-0.4, -0.2) is 50.3 Å². The van der Waals surface area contributed by atoms with Gasteiger partial charge in [-0.1, -0.05) is 19.3 Å². The quantitative estimate of drug-likeness (QED) is 0.632. The molecule has 1 aromatic rings. The van der Waals surface area contributed by atoms with Crippen LogP contribution in [0.4, 0.5) is 5.69 Å². The van der Waals surface area contributed by atoms with E-state index < -0.39 is 16.1 Å². The van der Waals surface area contributed by atoms with Crippen molar-refractivity contribution in [2.24, 2.45) is 5.92 Å². The van der Waals surface area contributed by atoms with Crippen molar-refractivity contribution in [3.63, 3.8) is 0 Å². The molecule has 0 bridgehead atoms. The summed E-state index contributed by atoms with van der Waals surface area (Å²) in [5.74, 6) is -0.219. The summed E-state index contributed by atoms with van der Waals surface area (Å²) >= 11 is 0. The Morgan fingerprint density at radius 1 is 1.13 bits per heavy atom. The topological polar surface area (TPSA) is 105 Å². The fourth-order valence-electron chi connectivity index (χ4n) is 4.43. The van der Waals surface area contributed by atoms with Gasteiger partial charge in [0.25, 0.3) is 0 Å². The Labute approximate surface area is 184 Å². The van der Waals surface area contributed by atoms with E-state index in [4.69, 9.17) is 4.74 Å². The molecule has 172 valence electrons. The van der Waals surface area contributed by atoms with E-state index in [1.807, 2.05) is 0 Å². The SMILES string of the molecule is CCOc1ccc(NC(=O)C(NC(C)=O)C2CCCC2)cc1S(=O)(=O)N1CCCCC1. The van der Waals surface area contributed by atoms with Gasteiger partial charge in [-0.25, -0.2) is 8.42 Å². The van der Waals surface area contributed by atoms with Crippen molar-refractivity contribution in [1.29, 1.82) is 0 Å². The molecule has 3 rings (SSSR count). The predicted molar refractivity (Wildman–Crippen MR) is 118 cm³/mol. The Kier molecular flexibility index (Phi) is 7.94. The minimum absolute atomic E-state index is 0.0611. The number of rotatable bonds is 8. The molecule has 1 saturated carbocycles. The van der Waals surface area contributed by atoms with Crippen molar-refractivity contribution in [1.82, 2.24) is 9.62 Å². The number of hydrogen-bond donors (Lipinski definition) is 2. The van der Waals surface area contributed by atoms with E-state index >= 15 is 0 Å². The lowest BCUT2D eigenvalue weighted by Crippen LogP contribution is -2.47. The van der Waals surface area contributed by atoms with Crippen molar-refractivity contribution < 1.29 is 22.7 Å². The molecule has 0 spiro atoms. The molecule has 1 unspecified atom stereocenters. The summed E-state index contributed by atoms with van der Waals surface area (Å²) in [5.41, 5.74) is 0.373. The third kappa shape index (κ3) is 5.77. The van der Waals surface area contributed by atoms with Crippen molar-refractivity contribution in [3.8, 4) is 5.75 Å². The number of nitrogens with one attached hydrogen (secondary N) is 2. The summed E-state index contributed by atoms with van der Waals surface area (Å²) in [6.45, 7) is 4.50. The summed E-state index contributed by atoms with van der Waals surface area (Å²) in [7, 11) is -3.74. The van der Waals surface area contributed by atoms with Gasteiger partial charge in [0, 0.05) is 25.7 Å². The molecular weight excluding hydrogens is 418 g/mol. The van der Waals surface area contributed by atoms with Gasteiger partial charge in [0.2, 0.25) is 21.8 Å². The summed E-state index contributed by atoms with van der Waals surface area (Å²) in [4.78, 5) is 24.7. The summed E-state index contributed by atoms with van der Waals surface area (Å²) in [5, 5.41) is 5.58. The number of carbonyl (C=O) groups excluding carboxylic acids is 2. The molecule has 1 aliphatic heterocycles. The molecule has 2 aliphatic rings. The molecular formula is C22H33N3O5S. The maximum Gasteiger partial charge on any atom is 0.247 e. The number of nitrogens with zero attached hydrogens (tertiary/aromatic N) is 1. The summed E-state index contributed by atoms with van der Waals surface area (Å²) in [6, 6.07) is 4.05. The Morgan fingerprint density at radius 3 is 2.42 bits per heavy atom. The monoisotopic (exact) mass is 451 g/mol. The van der Waals surface area contributed by atoms with Gasteiger partial charge in [0.15, 0.2) is 0 Å². The highest BCUT2D eigenvalue weighted by molar-refractivity contribution is 7.89. The number of anilines is 1. The van der Waals surface area contributed by atoms with Crippen molar-refractivity contribution in [3.05, 3.63) is 18.2 Å². The van der Waals surface area contributed by atoms with Gasteiger partial charge in [-0.3, -0.25) is 9.59 Å². The smallest absolute Gasteiger partial charge is 0.247 e. The van der Waals surface area contributed by atoms with Crippen LogP contribution in [0.15, 0.2) is 23.1 Å². The molecule has 1 saturated heterocycles. The van der Waals surface area contributed by atoms with Crippen LogP contribution in [0.25, 0.3) is 0 Å². The van der Waals surface area contributed by atoms with Crippen molar-refractivity contribution in [2.45, 2.75) is 69.7 Å². The average Bonchev–Trinajstić information content (AvgIpc) is 3.28. The standard InChI is InChI=1S/C22H33N3O5S/c1-3-30-19-12-11-18(15-20(19)31(28,29)25-13-7-4-8-14-25)24-22(27)21(23-16(2)26)17-9-5-6-10-17/h11-12,15,17,21H,3-10,13-14H2,1-2H3,(H,23,26)(H,24,27). The zero-order valence-electron chi connectivity index (χ0n) is 18.4. The van der Waals surface area contributed by atoms with Gasteiger partial charge in [-0.05, 0) is 56.7 Å². The van der Waals surface area contributed by atoms with E-state index in [0.29, 0.717) is 25.4 Å². The predicted octanol–water partition coefficient (Wildman–Crippen LogP) is 2.89. The second-order valence-electron chi connectivity index (χ2n) is 8.27. The van der Waals surface area contributed by atoms with Gasteiger partial charge in [0.05, 0.1) is 6.61 Å². The zero-order chi connectivity index (χ0) is 22.4. The molecule has 8 nitrogen and oxygen atoms in total. The first-order valence-corrected chi connectivity index (χ1v) is 12.6. The minimum atomic E-state index is -3.74. The van der Waals surface area contributed by atoms with Crippen LogP contribution < -0.4 is 15.4 Å². The van der Waals surface area contributed by atoms with Crippen molar-refractivity contribution >= 4 is 27.5 Å². The van der Waals surface area contributed by atoms with Crippen LogP contribution in [-0.2, 0) is 19.6 Å². The molecule has 1 heterocycles. The van der Waals surface area contributed by atoms with Gasteiger partial charge < -0.3 is 15.4 Å². The fourth-order valence-corrected chi connectivity index (χ4v) is 6.11. The van der Waals surface area contributed by atoms with Crippen LogP contribution >= 0.6 is 0 Å². The van der Waals surface area contributed by atoms with Crippen LogP contribution in [0, 0.1) is 5.92 Å². The number of sulfonamides is 1. The maximum absolute atomic E-state index is 13.3. The van der Waals surface area contributed by atoms with E-state index in [1.165, 1.54) is 17.3 Å². The number of ether oxygens (including phenoxy) is 1. The zero-order valence-corrected chi connectivity index (χ0v) is 19.2. The largest absolute Gasteiger partial charge is 0.492 e. The van der Waals surface area contributed by atoms with Crippen molar-refractivity contribution in [2.75, 3.05) is 25.0 Å². The van der Waals surface area contributed by atoms with Gasteiger partial charge in [-0.2, -0.15) is 4.31 Å². The second kappa shape index (κ2) is 10.5. The Balaban J connectivity index is 1.86. The van der Waals surface area contributed by atoms with Crippen LogP contribution in [0.5, 0.6) is 5.75 Å². The Morgan fingerprint density at radius 2 is 1.81 bits per heavy atom. The molecule has 0 radical (unpaired) electrons. The van der Waals surface area contributed by atoms with E-state index in [2.05, 4.69) is 10.6 Å². The first kappa shape index (κ1) is 23.5. The third-order valence-corrected chi connectivity index (χ3v) is 7.88. The minimum Gasteiger partial charge on any atom is -0.492 e. The first-order valence-electron chi connectivity index (χ1n) is 11.2. The van der Waals surface area contributed by atoms with E-state index in [9.17, 15) is 18.0 Å². The number of piperidine rings is 1. The highest BCUT2D eigenvalue weighted by Crippen LogP contribution is 2.32. The van der Waals surface area contributed by atoms with Gasteiger partial charge >= 0.3 is 0 Å². The number of carbonyl (C=O) groups is 2. The average molecular weight is 452 g/mol. The third-order valence-electron chi connectivity index (χ3n) is 5.96. The van der Waals surface area contributed by atoms with E-state index in [-0.39, 0.29) is 28.4 Å². The number of benzene rings is 1. The van der Waals surface area contributed by atoms with Crippen LogP contribution in [0.2, 0.25) is 0 Å².